The van der Waals surface area contributed by atoms with Gasteiger partial charge in [0.05, 0.1) is 6.61 Å². The fraction of sp³-hybridized carbons (Fsp3) is 0.944. The first-order valence-electron chi connectivity index (χ1n) is 9.35. The molecule has 1 saturated heterocycles. The number of nitrogens with zero attached hydrogens (tertiary/aromatic N) is 2. The van der Waals surface area contributed by atoms with E-state index in [-0.39, 0.29) is 0 Å². The van der Waals surface area contributed by atoms with Gasteiger partial charge < -0.3 is 15.0 Å². The summed E-state index contributed by atoms with van der Waals surface area (Å²) < 4.78 is 5.29. The van der Waals surface area contributed by atoms with E-state index >= 15 is 0 Å². The second-order valence-electron chi connectivity index (χ2n) is 6.94. The zero-order chi connectivity index (χ0) is 15.6. The van der Waals surface area contributed by atoms with Gasteiger partial charge in [0, 0.05) is 39.2 Å². The first-order chi connectivity index (χ1) is 10.8. The van der Waals surface area contributed by atoms with E-state index in [0.717, 1.165) is 44.7 Å². The summed E-state index contributed by atoms with van der Waals surface area (Å²) in [5.41, 5.74) is 0. The lowest BCUT2D eigenvalue weighted by Gasteiger charge is -2.22. The standard InChI is InChI=1S/C18H35N3O/c1-3-19-18(21-13-11-17(14-21)15-22-2)20-12-7-10-16-8-5-4-6-9-16/h16-17H,3-15H2,1-2H3,(H,19,20). The Labute approximate surface area is 136 Å². The number of hydrogen-bond acceptors (Lipinski definition) is 2. The Balaban J connectivity index is 1.72. The maximum Gasteiger partial charge on any atom is 0.193 e. The van der Waals surface area contributed by atoms with Gasteiger partial charge in [-0.25, -0.2) is 0 Å². The Bertz CT molecular complexity index is 326. The molecule has 4 nitrogen and oxygen atoms in total. The third kappa shape index (κ3) is 5.79. The maximum atomic E-state index is 5.29. The zero-order valence-corrected chi connectivity index (χ0v) is 14.6. The van der Waals surface area contributed by atoms with Gasteiger partial charge in [-0.2, -0.15) is 0 Å². The van der Waals surface area contributed by atoms with Crippen molar-refractivity contribution in [1.29, 1.82) is 0 Å². The molecule has 0 radical (unpaired) electrons. The van der Waals surface area contributed by atoms with E-state index in [4.69, 9.17) is 9.73 Å². The Kier molecular flexibility index (Phi) is 8.06. The topological polar surface area (TPSA) is 36.9 Å². The van der Waals surface area contributed by atoms with Crippen molar-refractivity contribution in [2.24, 2.45) is 16.8 Å². The predicted molar refractivity (Wildman–Crippen MR) is 93.3 cm³/mol. The Morgan fingerprint density at radius 1 is 1.18 bits per heavy atom. The van der Waals surface area contributed by atoms with E-state index < -0.39 is 0 Å². The lowest BCUT2D eigenvalue weighted by Crippen LogP contribution is -2.40. The lowest BCUT2D eigenvalue weighted by molar-refractivity contribution is 0.157. The number of rotatable bonds is 7. The summed E-state index contributed by atoms with van der Waals surface area (Å²) in [6, 6.07) is 0. The smallest absolute Gasteiger partial charge is 0.193 e. The summed E-state index contributed by atoms with van der Waals surface area (Å²) >= 11 is 0. The minimum atomic E-state index is 0.663. The summed E-state index contributed by atoms with van der Waals surface area (Å²) in [5.74, 6) is 2.75. The summed E-state index contributed by atoms with van der Waals surface area (Å²) in [6.45, 7) is 7.15. The van der Waals surface area contributed by atoms with E-state index in [1.165, 1.54) is 51.4 Å². The molecule has 4 heteroatoms. The average Bonchev–Trinajstić information content (AvgIpc) is 3.00. The highest BCUT2D eigenvalue weighted by molar-refractivity contribution is 5.80. The molecule has 1 aliphatic carbocycles. The fourth-order valence-corrected chi connectivity index (χ4v) is 3.86. The van der Waals surface area contributed by atoms with Crippen LogP contribution in [0.25, 0.3) is 0 Å². The second kappa shape index (κ2) is 10.1. The monoisotopic (exact) mass is 309 g/mol. The van der Waals surface area contributed by atoms with Crippen molar-refractivity contribution in [2.45, 2.75) is 58.3 Å². The Morgan fingerprint density at radius 2 is 2.00 bits per heavy atom. The summed E-state index contributed by atoms with van der Waals surface area (Å²) in [6.07, 6.45) is 11.1. The van der Waals surface area contributed by atoms with Crippen LogP contribution in [0.4, 0.5) is 0 Å². The quantitative estimate of drug-likeness (QED) is 0.445. The van der Waals surface area contributed by atoms with Crippen molar-refractivity contribution in [2.75, 3.05) is 39.9 Å². The zero-order valence-electron chi connectivity index (χ0n) is 14.6. The highest BCUT2D eigenvalue weighted by Gasteiger charge is 2.24. The number of nitrogens with one attached hydrogen (secondary N) is 1. The van der Waals surface area contributed by atoms with Crippen LogP contribution in [-0.4, -0.2) is 50.8 Å². The fourth-order valence-electron chi connectivity index (χ4n) is 3.86. The molecule has 2 aliphatic rings. The molecule has 0 bridgehead atoms. The highest BCUT2D eigenvalue weighted by atomic mass is 16.5. The number of guanidine groups is 1. The van der Waals surface area contributed by atoms with Crippen LogP contribution in [0.5, 0.6) is 0 Å². The van der Waals surface area contributed by atoms with Crippen LogP contribution in [0.15, 0.2) is 4.99 Å². The van der Waals surface area contributed by atoms with E-state index in [1.807, 2.05) is 0 Å². The Morgan fingerprint density at radius 3 is 2.73 bits per heavy atom. The van der Waals surface area contributed by atoms with Crippen LogP contribution in [0, 0.1) is 11.8 Å². The van der Waals surface area contributed by atoms with E-state index in [2.05, 4.69) is 17.1 Å². The highest BCUT2D eigenvalue weighted by Crippen LogP contribution is 2.27. The van der Waals surface area contributed by atoms with E-state index in [1.54, 1.807) is 7.11 Å². The SMILES string of the molecule is CCNC(=NCCCC1CCCCC1)N1CCC(COC)C1. The maximum absolute atomic E-state index is 5.29. The van der Waals surface area contributed by atoms with Gasteiger partial charge in [-0.15, -0.1) is 0 Å². The molecule has 2 rings (SSSR count). The molecule has 0 amide bonds. The summed E-state index contributed by atoms with van der Waals surface area (Å²) in [7, 11) is 1.80. The Hall–Kier alpha value is -0.770. The molecule has 0 aromatic carbocycles. The van der Waals surface area contributed by atoms with E-state index in [0.29, 0.717) is 5.92 Å². The minimum Gasteiger partial charge on any atom is -0.384 e. The summed E-state index contributed by atoms with van der Waals surface area (Å²) in [5, 5.41) is 3.46. The number of hydrogen-bond donors (Lipinski definition) is 1. The van der Waals surface area contributed by atoms with Crippen LogP contribution >= 0.6 is 0 Å². The third-order valence-electron chi connectivity index (χ3n) is 5.08. The van der Waals surface area contributed by atoms with Crippen LogP contribution in [-0.2, 0) is 4.74 Å². The molecular formula is C18H35N3O. The first kappa shape index (κ1) is 17.6. The van der Waals surface area contributed by atoms with Crippen LogP contribution < -0.4 is 5.32 Å². The second-order valence-corrected chi connectivity index (χ2v) is 6.94. The van der Waals surface area contributed by atoms with Gasteiger partial charge in [0.25, 0.3) is 0 Å². The van der Waals surface area contributed by atoms with Crippen molar-refractivity contribution in [1.82, 2.24) is 10.2 Å². The summed E-state index contributed by atoms with van der Waals surface area (Å²) in [4.78, 5) is 7.28. The molecule has 1 saturated carbocycles. The van der Waals surface area contributed by atoms with Gasteiger partial charge in [-0.3, -0.25) is 4.99 Å². The molecule has 1 unspecified atom stereocenters. The average molecular weight is 309 g/mol. The molecule has 0 spiro atoms. The molecule has 22 heavy (non-hydrogen) atoms. The lowest BCUT2D eigenvalue weighted by atomic mass is 9.86. The molecule has 128 valence electrons. The molecule has 0 aromatic heterocycles. The van der Waals surface area contributed by atoms with Gasteiger partial charge in [-0.05, 0) is 32.1 Å². The molecule has 2 fully saturated rings. The first-order valence-corrected chi connectivity index (χ1v) is 9.35. The number of likely N-dealkylation sites (tertiary alicyclic amines) is 1. The number of methoxy groups -OCH3 is 1. The number of aliphatic imine (C=N–C) groups is 1. The molecule has 1 heterocycles. The normalized spacial score (nSPS) is 24.0. The van der Waals surface area contributed by atoms with Gasteiger partial charge in [0.2, 0.25) is 0 Å². The van der Waals surface area contributed by atoms with E-state index in [9.17, 15) is 0 Å². The van der Waals surface area contributed by atoms with Gasteiger partial charge >= 0.3 is 0 Å². The molecule has 1 atom stereocenters. The molecule has 0 aromatic rings. The van der Waals surface area contributed by atoms with Gasteiger partial charge in [-0.1, -0.05) is 32.1 Å². The van der Waals surface area contributed by atoms with Crippen molar-refractivity contribution < 1.29 is 4.74 Å². The van der Waals surface area contributed by atoms with Gasteiger partial charge in [0.1, 0.15) is 0 Å². The van der Waals surface area contributed by atoms with Crippen molar-refractivity contribution in [3.63, 3.8) is 0 Å². The number of ether oxygens (including phenoxy) is 1. The van der Waals surface area contributed by atoms with Crippen molar-refractivity contribution in [3.8, 4) is 0 Å². The van der Waals surface area contributed by atoms with Crippen LogP contribution in [0.2, 0.25) is 0 Å². The van der Waals surface area contributed by atoms with Crippen LogP contribution in [0.3, 0.4) is 0 Å². The van der Waals surface area contributed by atoms with Gasteiger partial charge in [0.15, 0.2) is 5.96 Å². The van der Waals surface area contributed by atoms with Crippen molar-refractivity contribution in [3.05, 3.63) is 0 Å². The van der Waals surface area contributed by atoms with Crippen molar-refractivity contribution >= 4 is 5.96 Å². The predicted octanol–water partition coefficient (Wildman–Crippen LogP) is 3.28. The third-order valence-corrected chi connectivity index (χ3v) is 5.08. The molecular weight excluding hydrogens is 274 g/mol. The van der Waals surface area contributed by atoms with Crippen LogP contribution in [0.1, 0.15) is 58.3 Å². The molecule has 1 aliphatic heterocycles. The molecule has 1 N–H and O–H groups in total. The largest absolute Gasteiger partial charge is 0.384 e. The minimum absolute atomic E-state index is 0.663.